The molecular formula is C20H19N5O3. The van der Waals surface area contributed by atoms with Gasteiger partial charge in [0.1, 0.15) is 25.5 Å². The van der Waals surface area contributed by atoms with Gasteiger partial charge in [0.25, 0.3) is 5.82 Å². The predicted molar refractivity (Wildman–Crippen MR) is 99.3 cm³/mol. The Morgan fingerprint density at radius 2 is 2.11 bits per heavy atom. The number of aromatic nitrogens is 4. The van der Waals surface area contributed by atoms with Crippen molar-refractivity contribution in [2.75, 3.05) is 6.61 Å². The average molecular weight is 377 g/mol. The Bertz CT molecular complexity index is 1080. The first-order valence-corrected chi connectivity index (χ1v) is 8.93. The number of fused-ring (bicyclic) bond motifs is 1. The van der Waals surface area contributed by atoms with Crippen LogP contribution in [0.3, 0.4) is 0 Å². The summed E-state index contributed by atoms with van der Waals surface area (Å²) in [4.78, 5) is 16.5. The van der Waals surface area contributed by atoms with Crippen molar-refractivity contribution in [2.24, 2.45) is 0 Å². The topological polar surface area (TPSA) is 95.0 Å². The lowest BCUT2D eigenvalue weighted by Crippen LogP contribution is -2.33. The van der Waals surface area contributed by atoms with Gasteiger partial charge < -0.3 is 14.0 Å². The molecule has 2 aromatic heterocycles. The molecule has 0 bridgehead atoms. The van der Waals surface area contributed by atoms with Gasteiger partial charge in [0.05, 0.1) is 6.54 Å². The van der Waals surface area contributed by atoms with Gasteiger partial charge in [-0.3, -0.25) is 4.79 Å². The van der Waals surface area contributed by atoms with Gasteiger partial charge in [-0.15, -0.1) is 5.10 Å². The Balaban J connectivity index is 1.50. The number of hydrogen-bond donors (Lipinski definition) is 0. The molecule has 1 aromatic carbocycles. The summed E-state index contributed by atoms with van der Waals surface area (Å²) in [6.45, 7) is 4.95. The van der Waals surface area contributed by atoms with E-state index in [4.69, 9.17) is 14.7 Å². The van der Waals surface area contributed by atoms with Crippen molar-refractivity contribution in [2.45, 2.75) is 33.0 Å². The van der Waals surface area contributed by atoms with Gasteiger partial charge in [-0.2, -0.15) is 5.26 Å². The molecule has 0 unspecified atom stereocenters. The normalized spacial score (nSPS) is 15.2. The number of carbonyl (C=O) groups excluding carboxylic acids is 1. The van der Waals surface area contributed by atoms with E-state index in [1.54, 1.807) is 0 Å². The zero-order valence-corrected chi connectivity index (χ0v) is 15.6. The number of benzene rings is 1. The average Bonchev–Trinajstić information content (AvgIpc) is 3.27. The zero-order chi connectivity index (χ0) is 19.7. The Kier molecular flexibility index (Phi) is 4.57. The fraction of sp³-hybridized carbons (Fsp3) is 0.300. The number of Topliss-reactive ketones (excluding diaryl/α,β-unsaturated/α-hetero) is 1. The number of nitriles is 1. The lowest BCUT2D eigenvalue weighted by molar-refractivity contribution is 0.0777. The minimum Gasteiger partial charge on any atom is -0.486 e. The van der Waals surface area contributed by atoms with E-state index in [-0.39, 0.29) is 24.3 Å². The molecule has 28 heavy (non-hydrogen) atoms. The van der Waals surface area contributed by atoms with Crippen LogP contribution in [0.25, 0.3) is 0 Å². The SMILES string of the molecule is Cc1cc(C(=O)Cn2cnc(C#N)n2)c(C)n1C[C@H]1COc2ccccc2O1. The largest absolute Gasteiger partial charge is 0.486 e. The molecule has 0 amide bonds. The summed E-state index contributed by atoms with van der Waals surface area (Å²) in [6, 6.07) is 11.3. The van der Waals surface area contributed by atoms with Gasteiger partial charge in [0.2, 0.25) is 0 Å². The van der Waals surface area contributed by atoms with Crippen LogP contribution in [0.4, 0.5) is 0 Å². The lowest BCUT2D eigenvalue weighted by atomic mass is 10.1. The highest BCUT2D eigenvalue weighted by Gasteiger charge is 2.24. The quantitative estimate of drug-likeness (QED) is 0.633. The fourth-order valence-electron chi connectivity index (χ4n) is 3.38. The predicted octanol–water partition coefficient (Wildman–Crippen LogP) is 2.29. The van der Waals surface area contributed by atoms with E-state index < -0.39 is 0 Å². The first kappa shape index (κ1) is 17.8. The lowest BCUT2D eigenvalue weighted by Gasteiger charge is -2.27. The maximum absolute atomic E-state index is 12.7. The van der Waals surface area contributed by atoms with E-state index in [2.05, 4.69) is 14.6 Å². The molecular weight excluding hydrogens is 358 g/mol. The summed E-state index contributed by atoms with van der Waals surface area (Å²) < 4.78 is 15.3. The van der Waals surface area contributed by atoms with Crippen molar-refractivity contribution in [1.82, 2.24) is 19.3 Å². The smallest absolute Gasteiger partial charge is 0.252 e. The van der Waals surface area contributed by atoms with Gasteiger partial charge in [0, 0.05) is 17.0 Å². The molecule has 8 heteroatoms. The third-order valence-corrected chi connectivity index (χ3v) is 4.77. The second-order valence-electron chi connectivity index (χ2n) is 6.69. The molecule has 3 aromatic rings. The van der Waals surface area contributed by atoms with E-state index >= 15 is 0 Å². The molecule has 142 valence electrons. The first-order valence-electron chi connectivity index (χ1n) is 8.93. The third kappa shape index (κ3) is 3.34. The zero-order valence-electron chi connectivity index (χ0n) is 15.6. The van der Waals surface area contributed by atoms with Crippen LogP contribution in [0.5, 0.6) is 11.5 Å². The van der Waals surface area contributed by atoms with Gasteiger partial charge in [-0.25, -0.2) is 9.67 Å². The van der Waals surface area contributed by atoms with Crippen LogP contribution in [0.1, 0.15) is 27.6 Å². The maximum atomic E-state index is 12.7. The molecule has 0 N–H and O–H groups in total. The molecule has 0 saturated heterocycles. The van der Waals surface area contributed by atoms with Crippen molar-refractivity contribution >= 4 is 5.78 Å². The summed E-state index contributed by atoms with van der Waals surface area (Å²) in [5.41, 5.74) is 2.47. The molecule has 1 aliphatic heterocycles. The van der Waals surface area contributed by atoms with Gasteiger partial charge in [-0.05, 0) is 32.0 Å². The number of aryl methyl sites for hydroxylation is 1. The summed E-state index contributed by atoms with van der Waals surface area (Å²) in [6.07, 6.45) is 1.25. The van der Waals surface area contributed by atoms with E-state index in [0.717, 1.165) is 22.9 Å². The molecule has 0 spiro atoms. The molecule has 8 nitrogen and oxygen atoms in total. The Morgan fingerprint density at radius 3 is 2.86 bits per heavy atom. The fourth-order valence-corrected chi connectivity index (χ4v) is 3.38. The Labute approximate surface area is 161 Å². The van der Waals surface area contributed by atoms with Crippen LogP contribution >= 0.6 is 0 Å². The van der Waals surface area contributed by atoms with Gasteiger partial charge in [0.15, 0.2) is 23.4 Å². The summed E-state index contributed by atoms with van der Waals surface area (Å²) in [5.74, 6) is 1.45. The van der Waals surface area contributed by atoms with Crippen molar-refractivity contribution in [1.29, 1.82) is 5.26 Å². The molecule has 4 rings (SSSR count). The van der Waals surface area contributed by atoms with E-state index in [1.165, 1.54) is 11.0 Å². The number of nitrogens with zero attached hydrogens (tertiary/aromatic N) is 5. The molecule has 1 atom stereocenters. The molecule has 0 saturated carbocycles. The number of ether oxygens (including phenoxy) is 2. The number of hydrogen-bond acceptors (Lipinski definition) is 6. The van der Waals surface area contributed by atoms with Crippen LogP contribution in [0.2, 0.25) is 0 Å². The molecule has 1 aliphatic rings. The molecule has 0 radical (unpaired) electrons. The third-order valence-electron chi connectivity index (χ3n) is 4.77. The van der Waals surface area contributed by atoms with Crippen LogP contribution in [0.15, 0.2) is 36.7 Å². The van der Waals surface area contributed by atoms with Crippen LogP contribution in [-0.4, -0.2) is 37.8 Å². The summed E-state index contributed by atoms with van der Waals surface area (Å²) in [5, 5.41) is 12.8. The summed E-state index contributed by atoms with van der Waals surface area (Å²) in [7, 11) is 0. The number of para-hydroxylation sites is 2. The monoisotopic (exact) mass is 377 g/mol. The van der Waals surface area contributed by atoms with Crippen molar-refractivity contribution in [3.63, 3.8) is 0 Å². The van der Waals surface area contributed by atoms with Crippen molar-refractivity contribution < 1.29 is 14.3 Å². The molecule has 0 fully saturated rings. The second-order valence-corrected chi connectivity index (χ2v) is 6.69. The first-order chi connectivity index (χ1) is 13.5. The van der Waals surface area contributed by atoms with Crippen molar-refractivity contribution in [3.8, 4) is 17.6 Å². The molecule has 0 aliphatic carbocycles. The maximum Gasteiger partial charge on any atom is 0.252 e. The van der Waals surface area contributed by atoms with Gasteiger partial charge >= 0.3 is 0 Å². The number of carbonyl (C=O) groups is 1. The molecule has 3 heterocycles. The highest BCUT2D eigenvalue weighted by Crippen LogP contribution is 2.31. The van der Waals surface area contributed by atoms with Crippen LogP contribution in [-0.2, 0) is 13.1 Å². The Morgan fingerprint density at radius 1 is 1.32 bits per heavy atom. The van der Waals surface area contributed by atoms with Crippen LogP contribution < -0.4 is 9.47 Å². The second kappa shape index (κ2) is 7.19. The minimum atomic E-state index is -0.142. The Hall–Kier alpha value is -3.60. The van der Waals surface area contributed by atoms with E-state index in [0.29, 0.717) is 18.7 Å². The van der Waals surface area contributed by atoms with E-state index in [9.17, 15) is 4.79 Å². The highest BCUT2D eigenvalue weighted by atomic mass is 16.6. The van der Waals surface area contributed by atoms with Crippen molar-refractivity contribution in [3.05, 3.63) is 59.4 Å². The number of rotatable bonds is 5. The van der Waals surface area contributed by atoms with E-state index in [1.807, 2.05) is 50.2 Å². The minimum absolute atomic E-state index is 0.0371. The number of ketones is 1. The highest BCUT2D eigenvalue weighted by molar-refractivity contribution is 5.97. The summed E-state index contributed by atoms with van der Waals surface area (Å²) >= 11 is 0. The van der Waals surface area contributed by atoms with Gasteiger partial charge in [-0.1, -0.05) is 12.1 Å². The standard InChI is InChI=1S/C20H19N5O3/c1-13-7-16(17(26)10-24-12-22-20(8-21)23-24)14(2)25(13)9-15-11-27-18-5-3-4-6-19(18)28-15/h3-7,12,15H,9-11H2,1-2H3/t15-/m0/s1. The van der Waals surface area contributed by atoms with Crippen LogP contribution in [0, 0.1) is 25.2 Å².